The lowest BCUT2D eigenvalue weighted by molar-refractivity contribution is 1.19. The zero-order chi connectivity index (χ0) is 13.2. The molecule has 0 saturated carbocycles. The van der Waals surface area contributed by atoms with Crippen LogP contribution in [0.2, 0.25) is 5.15 Å². The van der Waals surface area contributed by atoms with Crippen molar-refractivity contribution >= 4 is 44.8 Å². The molecule has 19 heavy (non-hydrogen) atoms. The molecule has 3 rings (SSSR count). The summed E-state index contributed by atoms with van der Waals surface area (Å²) in [5, 5.41) is 4.60. The number of halogens is 1. The molecule has 5 heteroatoms. The fraction of sp³-hybridized carbons (Fsp3) is 0.143. The minimum absolute atomic E-state index is 0.499. The Labute approximate surface area is 120 Å². The molecule has 3 nitrogen and oxygen atoms in total. The van der Waals surface area contributed by atoms with Gasteiger partial charge in [-0.2, -0.15) is 0 Å². The molecule has 2 aromatic heterocycles. The van der Waals surface area contributed by atoms with Gasteiger partial charge >= 0.3 is 0 Å². The van der Waals surface area contributed by atoms with Crippen molar-refractivity contribution in [2.75, 3.05) is 5.32 Å². The lowest BCUT2D eigenvalue weighted by Gasteiger charge is -2.04. The number of para-hydroxylation sites is 1. The Hall–Kier alpha value is -1.65. The van der Waals surface area contributed by atoms with E-state index in [2.05, 4.69) is 28.3 Å². The summed E-state index contributed by atoms with van der Waals surface area (Å²) in [4.78, 5) is 11.0. The summed E-state index contributed by atoms with van der Waals surface area (Å²) in [6, 6.07) is 11.9. The molecule has 0 saturated heterocycles. The van der Waals surface area contributed by atoms with Gasteiger partial charge in [0.1, 0.15) is 9.98 Å². The van der Waals surface area contributed by atoms with E-state index < -0.39 is 0 Å². The summed E-state index contributed by atoms with van der Waals surface area (Å²) in [6.45, 7) is 2.12. The van der Waals surface area contributed by atoms with E-state index in [0.717, 1.165) is 22.3 Å². The minimum atomic E-state index is 0.499. The highest BCUT2D eigenvalue weighted by molar-refractivity contribution is 7.18. The van der Waals surface area contributed by atoms with Crippen LogP contribution in [0, 0.1) is 0 Å². The third-order valence-electron chi connectivity index (χ3n) is 2.78. The molecular formula is C14H12ClN3S. The molecular weight excluding hydrogens is 278 g/mol. The Morgan fingerprint density at radius 2 is 2.00 bits per heavy atom. The predicted octanol–water partition coefficient (Wildman–Crippen LogP) is 4.65. The molecule has 0 unspecified atom stereocenters. The first-order valence-corrected chi connectivity index (χ1v) is 7.23. The van der Waals surface area contributed by atoms with Crippen LogP contribution in [0.15, 0.2) is 36.4 Å². The van der Waals surface area contributed by atoms with Crippen molar-refractivity contribution in [1.29, 1.82) is 0 Å². The van der Waals surface area contributed by atoms with E-state index >= 15 is 0 Å². The molecule has 96 valence electrons. The van der Waals surface area contributed by atoms with Crippen molar-refractivity contribution in [1.82, 2.24) is 9.97 Å². The van der Waals surface area contributed by atoms with Gasteiger partial charge in [-0.15, -0.1) is 11.3 Å². The van der Waals surface area contributed by atoms with Crippen molar-refractivity contribution in [2.24, 2.45) is 0 Å². The largest absolute Gasteiger partial charge is 0.324 e. The van der Waals surface area contributed by atoms with Gasteiger partial charge < -0.3 is 5.32 Å². The average Bonchev–Trinajstić information content (AvgIpc) is 2.83. The number of rotatable bonds is 3. The third kappa shape index (κ3) is 2.55. The molecule has 1 aromatic carbocycles. The maximum Gasteiger partial charge on any atom is 0.230 e. The molecule has 0 aliphatic rings. The molecule has 2 heterocycles. The highest BCUT2D eigenvalue weighted by atomic mass is 35.5. The highest BCUT2D eigenvalue weighted by Crippen LogP contribution is 2.30. The summed E-state index contributed by atoms with van der Waals surface area (Å²) in [5.74, 6) is 0.535. The van der Waals surface area contributed by atoms with Crippen LogP contribution in [0.25, 0.3) is 10.2 Å². The van der Waals surface area contributed by atoms with E-state index in [1.165, 1.54) is 4.88 Å². The second-order valence-corrected chi connectivity index (χ2v) is 5.59. The maximum absolute atomic E-state index is 6.21. The van der Waals surface area contributed by atoms with Gasteiger partial charge in [0.05, 0.1) is 0 Å². The first-order chi connectivity index (χ1) is 9.26. The van der Waals surface area contributed by atoms with Gasteiger partial charge in [0.15, 0.2) is 0 Å². The maximum atomic E-state index is 6.21. The molecule has 0 spiro atoms. The van der Waals surface area contributed by atoms with E-state index in [1.807, 2.05) is 30.3 Å². The normalized spacial score (nSPS) is 10.8. The molecule has 0 bridgehead atoms. The van der Waals surface area contributed by atoms with Crippen molar-refractivity contribution < 1.29 is 0 Å². The molecule has 0 radical (unpaired) electrons. The fourth-order valence-electron chi connectivity index (χ4n) is 1.82. The van der Waals surface area contributed by atoms with E-state index in [0.29, 0.717) is 11.1 Å². The quantitative estimate of drug-likeness (QED) is 0.713. The molecule has 0 atom stereocenters. The smallest absolute Gasteiger partial charge is 0.230 e. The van der Waals surface area contributed by atoms with E-state index in [1.54, 1.807) is 11.3 Å². The standard InChI is InChI=1S/C14H12ClN3S/c1-2-10-8-11-12(15)17-14(18-13(11)19-10)16-9-6-4-3-5-7-9/h3-8H,2H2,1H3,(H,16,17,18). The van der Waals surface area contributed by atoms with Crippen LogP contribution in [0.4, 0.5) is 11.6 Å². The van der Waals surface area contributed by atoms with E-state index in [4.69, 9.17) is 11.6 Å². The Bertz CT molecular complexity index is 709. The zero-order valence-electron chi connectivity index (χ0n) is 10.4. The van der Waals surface area contributed by atoms with Gasteiger partial charge in [0.25, 0.3) is 0 Å². The van der Waals surface area contributed by atoms with E-state index in [9.17, 15) is 0 Å². The van der Waals surface area contributed by atoms with Gasteiger partial charge in [-0.05, 0) is 24.6 Å². The first-order valence-electron chi connectivity index (χ1n) is 6.04. The van der Waals surface area contributed by atoms with Crippen LogP contribution in [0.1, 0.15) is 11.8 Å². The highest BCUT2D eigenvalue weighted by Gasteiger charge is 2.09. The van der Waals surface area contributed by atoms with E-state index in [-0.39, 0.29) is 0 Å². The number of benzene rings is 1. The average molecular weight is 290 g/mol. The topological polar surface area (TPSA) is 37.8 Å². The lowest BCUT2D eigenvalue weighted by Crippen LogP contribution is -1.96. The molecule has 1 N–H and O–H groups in total. The van der Waals surface area contributed by atoms with Gasteiger partial charge in [-0.1, -0.05) is 36.7 Å². The van der Waals surface area contributed by atoms with Crippen molar-refractivity contribution in [3.05, 3.63) is 46.4 Å². The Morgan fingerprint density at radius 3 is 2.74 bits per heavy atom. The van der Waals surface area contributed by atoms with Crippen LogP contribution in [-0.4, -0.2) is 9.97 Å². The summed E-state index contributed by atoms with van der Waals surface area (Å²) in [6.07, 6.45) is 0.985. The second-order valence-electron chi connectivity index (χ2n) is 4.11. The lowest BCUT2D eigenvalue weighted by atomic mass is 10.3. The number of hydrogen-bond acceptors (Lipinski definition) is 4. The zero-order valence-corrected chi connectivity index (χ0v) is 11.9. The van der Waals surface area contributed by atoms with Crippen LogP contribution >= 0.6 is 22.9 Å². The number of nitrogens with zero attached hydrogens (tertiary/aromatic N) is 2. The third-order valence-corrected chi connectivity index (χ3v) is 4.24. The van der Waals surface area contributed by atoms with Crippen LogP contribution in [0.3, 0.4) is 0 Å². The van der Waals surface area contributed by atoms with Gasteiger partial charge in [0, 0.05) is 16.0 Å². The number of aryl methyl sites for hydroxylation is 1. The predicted molar refractivity (Wildman–Crippen MR) is 81.5 cm³/mol. The monoisotopic (exact) mass is 289 g/mol. The number of hydrogen-bond donors (Lipinski definition) is 1. The number of nitrogens with one attached hydrogen (secondary N) is 1. The molecule has 0 aliphatic heterocycles. The summed E-state index contributed by atoms with van der Waals surface area (Å²) in [7, 11) is 0. The van der Waals surface area contributed by atoms with Gasteiger partial charge in [-0.3, -0.25) is 0 Å². The van der Waals surface area contributed by atoms with Gasteiger partial charge in [0.2, 0.25) is 5.95 Å². The van der Waals surface area contributed by atoms with Crippen LogP contribution in [0.5, 0.6) is 0 Å². The fourth-order valence-corrected chi connectivity index (χ4v) is 3.06. The first kappa shape index (κ1) is 12.4. The van der Waals surface area contributed by atoms with Crippen LogP contribution < -0.4 is 5.32 Å². The van der Waals surface area contributed by atoms with Crippen molar-refractivity contribution in [3.8, 4) is 0 Å². The summed E-state index contributed by atoms with van der Waals surface area (Å²) in [5.41, 5.74) is 0.949. The summed E-state index contributed by atoms with van der Waals surface area (Å²) < 4.78 is 0. The summed E-state index contributed by atoms with van der Waals surface area (Å²) >= 11 is 7.87. The minimum Gasteiger partial charge on any atom is -0.324 e. The number of anilines is 2. The number of aromatic nitrogens is 2. The molecule has 0 fully saturated rings. The van der Waals surface area contributed by atoms with Gasteiger partial charge in [-0.25, -0.2) is 9.97 Å². The Kier molecular flexibility index (Phi) is 3.36. The second kappa shape index (κ2) is 5.15. The number of thiophene rings is 1. The number of fused-ring (bicyclic) bond motifs is 1. The molecule has 3 aromatic rings. The molecule has 0 aliphatic carbocycles. The Balaban J connectivity index is 2.01. The van der Waals surface area contributed by atoms with Crippen molar-refractivity contribution in [3.63, 3.8) is 0 Å². The Morgan fingerprint density at radius 1 is 1.21 bits per heavy atom. The van der Waals surface area contributed by atoms with Crippen molar-refractivity contribution in [2.45, 2.75) is 13.3 Å². The van der Waals surface area contributed by atoms with Crippen LogP contribution in [-0.2, 0) is 6.42 Å². The SMILES string of the molecule is CCc1cc2c(Cl)nc(Nc3ccccc3)nc2s1. The molecule has 0 amide bonds.